The van der Waals surface area contributed by atoms with Gasteiger partial charge in [0, 0.05) is 19.6 Å². The number of nitrogens with zero attached hydrogens (tertiary/aromatic N) is 2. The van der Waals surface area contributed by atoms with Crippen LogP contribution in [0.2, 0.25) is 0 Å². The summed E-state index contributed by atoms with van der Waals surface area (Å²) in [7, 11) is 0. The molecule has 31 heavy (non-hydrogen) atoms. The quantitative estimate of drug-likeness (QED) is 0.516. The van der Waals surface area contributed by atoms with E-state index < -0.39 is 6.10 Å². The van der Waals surface area contributed by atoms with Gasteiger partial charge in [-0.1, -0.05) is 92.6 Å². The van der Waals surface area contributed by atoms with Crippen molar-refractivity contribution in [3.8, 4) is 0 Å². The van der Waals surface area contributed by atoms with Gasteiger partial charge in [-0.05, 0) is 36.5 Å². The molecule has 1 saturated heterocycles. The summed E-state index contributed by atoms with van der Waals surface area (Å²) in [6, 6.07) is 9.46. The first-order chi connectivity index (χ1) is 15.0. The molecule has 1 aromatic carbocycles. The second-order valence-electron chi connectivity index (χ2n) is 7.60. The molecule has 1 heterocycles. The molecule has 4 heteroatoms. The van der Waals surface area contributed by atoms with Crippen LogP contribution in [0.15, 0.2) is 104 Å². The van der Waals surface area contributed by atoms with Crippen molar-refractivity contribution in [2.75, 3.05) is 13.1 Å². The standard InChI is InChI=1S/C27H34N2O2/c1-5-12-22(8-4)19-25-26(30)17-18-28(20-23(13-6-2)14-7-3)27(31)29(25)21-24-15-10-9-11-16-24/h5-16,25-26,30H,1-2,4,17-21H2,3H3/b14-7-,22-12+,23-13+. The number of benzene rings is 1. The van der Waals surface area contributed by atoms with Crippen molar-refractivity contribution in [3.05, 3.63) is 109 Å². The number of aliphatic hydroxyl groups is 1. The summed E-state index contributed by atoms with van der Waals surface area (Å²) in [6.07, 6.45) is 13.3. The zero-order valence-corrected chi connectivity index (χ0v) is 18.5. The molecule has 0 saturated carbocycles. The van der Waals surface area contributed by atoms with Crippen molar-refractivity contribution in [1.29, 1.82) is 0 Å². The highest BCUT2D eigenvalue weighted by molar-refractivity contribution is 5.76. The van der Waals surface area contributed by atoms with E-state index in [1.807, 2.05) is 66.5 Å². The second kappa shape index (κ2) is 12.6. The maximum Gasteiger partial charge on any atom is 0.320 e. The van der Waals surface area contributed by atoms with E-state index in [-0.39, 0.29) is 12.1 Å². The summed E-state index contributed by atoms with van der Waals surface area (Å²) in [5, 5.41) is 11.0. The predicted molar refractivity (Wildman–Crippen MR) is 130 cm³/mol. The van der Waals surface area contributed by atoms with E-state index in [1.165, 1.54) is 0 Å². The van der Waals surface area contributed by atoms with Gasteiger partial charge in [-0.3, -0.25) is 0 Å². The summed E-state index contributed by atoms with van der Waals surface area (Å²) in [5.41, 5.74) is 2.97. The topological polar surface area (TPSA) is 43.8 Å². The van der Waals surface area contributed by atoms with Gasteiger partial charge in [-0.15, -0.1) is 0 Å². The maximum atomic E-state index is 13.7. The molecule has 0 radical (unpaired) electrons. The van der Waals surface area contributed by atoms with Crippen molar-refractivity contribution in [2.45, 2.75) is 38.5 Å². The Morgan fingerprint density at radius 1 is 1.13 bits per heavy atom. The average molecular weight is 419 g/mol. The van der Waals surface area contributed by atoms with E-state index in [0.29, 0.717) is 32.5 Å². The molecular formula is C27H34N2O2. The highest BCUT2D eigenvalue weighted by Gasteiger charge is 2.36. The van der Waals surface area contributed by atoms with E-state index in [4.69, 9.17) is 0 Å². The summed E-state index contributed by atoms with van der Waals surface area (Å²) in [6.45, 7) is 14.8. The zero-order chi connectivity index (χ0) is 22.6. The number of rotatable bonds is 10. The van der Waals surface area contributed by atoms with Gasteiger partial charge in [0.1, 0.15) is 0 Å². The largest absolute Gasteiger partial charge is 0.391 e. The first-order valence-corrected chi connectivity index (χ1v) is 10.7. The smallest absolute Gasteiger partial charge is 0.320 e. The Balaban J connectivity index is 2.40. The third-order valence-electron chi connectivity index (χ3n) is 5.38. The number of allylic oxidation sites excluding steroid dienone is 6. The van der Waals surface area contributed by atoms with Crippen molar-refractivity contribution < 1.29 is 9.90 Å². The number of carbonyl (C=O) groups excluding carboxylic acids is 1. The number of hydrogen-bond acceptors (Lipinski definition) is 2. The van der Waals surface area contributed by atoms with Crippen LogP contribution in [0.3, 0.4) is 0 Å². The monoisotopic (exact) mass is 418 g/mol. The fourth-order valence-corrected chi connectivity index (χ4v) is 3.82. The summed E-state index contributed by atoms with van der Waals surface area (Å²) >= 11 is 0. The minimum absolute atomic E-state index is 0.0770. The van der Waals surface area contributed by atoms with Gasteiger partial charge in [0.15, 0.2) is 0 Å². The normalized spacial score (nSPS) is 20.6. The molecule has 1 aliphatic rings. The Kier molecular flexibility index (Phi) is 9.79. The molecule has 164 valence electrons. The molecule has 0 bridgehead atoms. The van der Waals surface area contributed by atoms with Gasteiger partial charge >= 0.3 is 6.03 Å². The number of carbonyl (C=O) groups is 1. The molecule has 0 spiro atoms. The fraction of sp³-hybridized carbons (Fsp3) is 0.296. The third-order valence-corrected chi connectivity index (χ3v) is 5.38. The van der Waals surface area contributed by atoms with E-state index >= 15 is 0 Å². The highest BCUT2D eigenvalue weighted by atomic mass is 16.3. The highest BCUT2D eigenvalue weighted by Crippen LogP contribution is 2.26. The van der Waals surface area contributed by atoms with Crippen LogP contribution in [0.4, 0.5) is 4.79 Å². The number of hydrogen-bond donors (Lipinski definition) is 1. The van der Waals surface area contributed by atoms with Gasteiger partial charge in [-0.2, -0.15) is 0 Å². The fourth-order valence-electron chi connectivity index (χ4n) is 3.82. The molecule has 4 nitrogen and oxygen atoms in total. The van der Waals surface area contributed by atoms with Gasteiger partial charge in [-0.25, -0.2) is 4.79 Å². The second-order valence-corrected chi connectivity index (χ2v) is 7.60. The molecule has 2 atom stereocenters. The SMILES string of the molecule is C=C/C=C(\C=C)CC1C(O)CCN(CC(/C=C\C)=C/C=C)C(=O)N1Cc1ccccc1. The zero-order valence-electron chi connectivity index (χ0n) is 18.5. The van der Waals surface area contributed by atoms with Gasteiger partial charge in [0.05, 0.1) is 12.1 Å². The van der Waals surface area contributed by atoms with Crippen molar-refractivity contribution in [3.63, 3.8) is 0 Å². The summed E-state index contributed by atoms with van der Waals surface area (Å²) in [4.78, 5) is 17.3. The lowest BCUT2D eigenvalue weighted by Gasteiger charge is -2.35. The lowest BCUT2D eigenvalue weighted by molar-refractivity contribution is 0.0685. The van der Waals surface area contributed by atoms with Crippen LogP contribution in [-0.4, -0.2) is 46.2 Å². The third kappa shape index (κ3) is 6.97. The van der Waals surface area contributed by atoms with Gasteiger partial charge in [0.25, 0.3) is 0 Å². The van der Waals surface area contributed by atoms with E-state index in [9.17, 15) is 9.90 Å². The number of amides is 2. The average Bonchev–Trinajstić information content (AvgIpc) is 2.87. The van der Waals surface area contributed by atoms with Crippen LogP contribution in [-0.2, 0) is 6.54 Å². The van der Waals surface area contributed by atoms with Crippen LogP contribution in [0.5, 0.6) is 0 Å². The molecule has 1 aromatic rings. The minimum Gasteiger partial charge on any atom is -0.391 e. The van der Waals surface area contributed by atoms with E-state index in [1.54, 1.807) is 23.1 Å². The molecule has 2 unspecified atom stereocenters. The molecule has 2 rings (SSSR count). The van der Waals surface area contributed by atoms with Crippen LogP contribution < -0.4 is 0 Å². The van der Waals surface area contributed by atoms with Crippen molar-refractivity contribution in [1.82, 2.24) is 9.80 Å². The van der Waals surface area contributed by atoms with Crippen LogP contribution >= 0.6 is 0 Å². The molecule has 1 N–H and O–H groups in total. The Hall–Kier alpha value is -3.11. The van der Waals surface area contributed by atoms with Crippen molar-refractivity contribution in [2.24, 2.45) is 0 Å². The molecular weight excluding hydrogens is 384 g/mol. The molecule has 1 fully saturated rings. The molecule has 2 amide bonds. The Morgan fingerprint density at radius 3 is 2.42 bits per heavy atom. The lowest BCUT2D eigenvalue weighted by atomic mass is 9.97. The molecule has 0 aliphatic carbocycles. The van der Waals surface area contributed by atoms with Crippen LogP contribution in [0.25, 0.3) is 0 Å². The van der Waals surface area contributed by atoms with Gasteiger partial charge in [0.2, 0.25) is 0 Å². The minimum atomic E-state index is -0.639. The molecule has 0 aromatic heterocycles. The van der Waals surface area contributed by atoms with E-state index in [2.05, 4.69) is 19.7 Å². The number of urea groups is 1. The van der Waals surface area contributed by atoms with Crippen LogP contribution in [0, 0.1) is 0 Å². The Labute approximate surface area is 186 Å². The number of aliphatic hydroxyl groups excluding tert-OH is 1. The van der Waals surface area contributed by atoms with E-state index in [0.717, 1.165) is 16.7 Å². The predicted octanol–water partition coefficient (Wildman–Crippen LogP) is 5.42. The first-order valence-electron chi connectivity index (χ1n) is 10.7. The maximum absolute atomic E-state index is 13.7. The summed E-state index contributed by atoms with van der Waals surface area (Å²) in [5.74, 6) is 0. The molecule has 1 aliphatic heterocycles. The Morgan fingerprint density at radius 2 is 1.81 bits per heavy atom. The Bertz CT molecular complexity index is 851. The van der Waals surface area contributed by atoms with Gasteiger partial charge < -0.3 is 14.9 Å². The van der Waals surface area contributed by atoms with Crippen molar-refractivity contribution >= 4 is 6.03 Å². The summed E-state index contributed by atoms with van der Waals surface area (Å²) < 4.78 is 0. The first kappa shape index (κ1) is 24.2. The lowest BCUT2D eigenvalue weighted by Crippen LogP contribution is -2.48. The van der Waals surface area contributed by atoms with Crippen LogP contribution in [0.1, 0.15) is 25.3 Å².